The summed E-state index contributed by atoms with van der Waals surface area (Å²) in [4.78, 5) is 11.2. The Kier molecular flexibility index (Phi) is 3.14. The molecule has 0 aliphatic carbocycles. The normalized spacial score (nSPS) is 9.86. The Morgan fingerprint density at radius 2 is 2.50 bits per heavy atom. The fourth-order valence-corrected chi connectivity index (χ4v) is 1.43. The number of rotatable bonds is 3. The molecule has 0 aromatic carbocycles. The van der Waals surface area contributed by atoms with E-state index in [2.05, 4.69) is 16.8 Å². The zero-order valence-electron chi connectivity index (χ0n) is 7.70. The first-order chi connectivity index (χ1) is 6.61. The van der Waals surface area contributed by atoms with Gasteiger partial charge in [0.1, 0.15) is 10.7 Å². The number of carbonyl (C=O) groups is 1. The topological polar surface area (TPSA) is 72.8 Å². The van der Waals surface area contributed by atoms with E-state index in [0.29, 0.717) is 12.2 Å². The Morgan fingerprint density at radius 3 is 3.00 bits per heavy atom. The van der Waals surface area contributed by atoms with Crippen molar-refractivity contribution in [3.05, 3.63) is 29.1 Å². The zero-order chi connectivity index (χ0) is 10.7. The highest BCUT2D eigenvalue weighted by Crippen LogP contribution is 2.20. The highest BCUT2D eigenvalue weighted by Gasteiger charge is 2.20. The molecule has 0 bridgehead atoms. The van der Waals surface area contributed by atoms with Gasteiger partial charge < -0.3 is 0 Å². The molecule has 5 nitrogen and oxygen atoms in total. The lowest BCUT2D eigenvalue weighted by molar-refractivity contribution is -0.211. The van der Waals surface area contributed by atoms with Crippen molar-refractivity contribution in [1.82, 2.24) is 9.78 Å². The van der Waals surface area contributed by atoms with Crippen molar-refractivity contribution >= 4 is 17.5 Å². The monoisotopic (exact) mass is 213 g/mol. The third kappa shape index (κ3) is 1.72. The first-order valence-corrected chi connectivity index (χ1v) is 4.28. The molecule has 74 valence electrons. The Balaban J connectivity index is 3.23. The second-order valence-corrected chi connectivity index (χ2v) is 3.01. The van der Waals surface area contributed by atoms with Gasteiger partial charge in [-0.1, -0.05) is 17.7 Å². The minimum atomic E-state index is -0.567. The van der Waals surface area contributed by atoms with Crippen LogP contribution in [0, 0.1) is 6.92 Å². The minimum absolute atomic E-state index is 0.238. The van der Waals surface area contributed by atoms with Crippen molar-refractivity contribution in [2.24, 2.45) is 5.11 Å². The van der Waals surface area contributed by atoms with Crippen molar-refractivity contribution in [3.63, 3.8) is 0 Å². The molecule has 14 heavy (non-hydrogen) atoms. The molecule has 1 aromatic heterocycles. The minimum Gasteiger partial charge on any atom is -0.260 e. The first kappa shape index (κ1) is 10.6. The lowest BCUT2D eigenvalue weighted by Crippen LogP contribution is -2.26. The molecule has 1 aromatic rings. The molecule has 0 spiro atoms. The number of nitrogens with two attached hydrogens (primary N) is 1. The number of hydrogen-bond donors (Lipinski definition) is 1. The van der Waals surface area contributed by atoms with Gasteiger partial charge in [-0.05, 0) is 6.92 Å². The molecular formula is C8H10ClN4O+. The van der Waals surface area contributed by atoms with E-state index in [9.17, 15) is 4.79 Å². The summed E-state index contributed by atoms with van der Waals surface area (Å²) < 4.78 is 1.46. The number of aryl methyl sites for hydroxylation is 1. The quantitative estimate of drug-likeness (QED) is 0.583. The van der Waals surface area contributed by atoms with E-state index in [0.717, 1.165) is 0 Å². The number of carbonyl (C=O) groups excluding carboxylic acids is 1. The van der Waals surface area contributed by atoms with Gasteiger partial charge in [-0.25, -0.2) is 4.68 Å². The van der Waals surface area contributed by atoms with E-state index in [4.69, 9.17) is 17.1 Å². The van der Waals surface area contributed by atoms with Crippen LogP contribution in [0.4, 0.5) is 0 Å². The number of aromatic nitrogens is 2. The van der Waals surface area contributed by atoms with Gasteiger partial charge in [0.2, 0.25) is 0 Å². The first-order valence-electron chi connectivity index (χ1n) is 3.90. The van der Waals surface area contributed by atoms with Gasteiger partial charge in [-0.2, -0.15) is 5.10 Å². The second kappa shape index (κ2) is 4.15. The Morgan fingerprint density at radius 1 is 1.86 bits per heavy atom. The predicted octanol–water partition coefficient (Wildman–Crippen LogP) is 0.382. The van der Waals surface area contributed by atoms with Crippen molar-refractivity contribution in [3.8, 4) is 0 Å². The third-order valence-corrected chi connectivity index (χ3v) is 2.08. The van der Waals surface area contributed by atoms with Gasteiger partial charge in [0.15, 0.2) is 0 Å². The fraction of sp³-hybridized carbons (Fsp3) is 0.250. The Hall–Kier alpha value is -1.49. The fourth-order valence-electron chi connectivity index (χ4n) is 1.10. The maximum atomic E-state index is 11.2. The van der Waals surface area contributed by atoms with Crippen molar-refractivity contribution in [2.75, 3.05) is 0 Å². The highest BCUT2D eigenvalue weighted by atomic mass is 35.5. The van der Waals surface area contributed by atoms with Gasteiger partial charge in [-0.3, -0.25) is 4.79 Å². The van der Waals surface area contributed by atoms with Crippen LogP contribution in [0.2, 0.25) is 5.15 Å². The number of amides is 1. The van der Waals surface area contributed by atoms with Gasteiger partial charge in [0, 0.05) is 5.11 Å². The summed E-state index contributed by atoms with van der Waals surface area (Å²) in [7, 11) is 0. The van der Waals surface area contributed by atoms with Crippen molar-refractivity contribution in [1.29, 1.82) is 0 Å². The molecule has 0 aliphatic heterocycles. The van der Waals surface area contributed by atoms with Gasteiger partial charge in [-0.15, -0.1) is 12.1 Å². The summed E-state index contributed by atoms with van der Waals surface area (Å²) in [6, 6.07) is 0. The highest BCUT2D eigenvalue weighted by molar-refractivity contribution is 6.33. The Bertz CT molecular complexity index is 396. The zero-order valence-corrected chi connectivity index (χ0v) is 8.45. The summed E-state index contributed by atoms with van der Waals surface area (Å²) >= 11 is 5.90. The summed E-state index contributed by atoms with van der Waals surface area (Å²) in [5.74, 6) is -0.567. The molecule has 0 atom stereocenters. The number of hydrogen-bond acceptors (Lipinski definition) is 2. The van der Waals surface area contributed by atoms with Crippen LogP contribution in [0.5, 0.6) is 0 Å². The predicted molar refractivity (Wildman–Crippen MR) is 50.9 cm³/mol. The molecule has 1 amide bonds. The molecule has 0 radical (unpaired) electrons. The largest absolute Gasteiger partial charge is 0.343 e. The van der Waals surface area contributed by atoms with Crippen LogP contribution in [-0.2, 0) is 6.54 Å². The molecule has 0 fully saturated rings. The van der Waals surface area contributed by atoms with Gasteiger partial charge in [0.25, 0.3) is 0 Å². The van der Waals surface area contributed by atoms with Crippen LogP contribution < -0.4 is 5.53 Å². The van der Waals surface area contributed by atoms with E-state index in [-0.39, 0.29) is 10.7 Å². The molecule has 2 N–H and O–H groups in total. The van der Waals surface area contributed by atoms with Crippen LogP contribution in [0.15, 0.2) is 17.8 Å². The molecule has 0 unspecified atom stereocenters. The lowest BCUT2D eigenvalue weighted by atomic mass is 10.2. The van der Waals surface area contributed by atoms with Crippen molar-refractivity contribution < 1.29 is 10.3 Å². The van der Waals surface area contributed by atoms with Crippen LogP contribution in [0.1, 0.15) is 16.1 Å². The maximum Gasteiger partial charge on any atom is 0.343 e. The van der Waals surface area contributed by atoms with Crippen LogP contribution >= 0.6 is 11.6 Å². The Labute approximate surface area is 85.9 Å². The van der Waals surface area contributed by atoms with E-state index >= 15 is 0 Å². The van der Waals surface area contributed by atoms with Crippen LogP contribution in [0.25, 0.3) is 0 Å². The van der Waals surface area contributed by atoms with E-state index in [1.165, 1.54) is 4.68 Å². The molecule has 1 rings (SSSR count). The van der Waals surface area contributed by atoms with Gasteiger partial charge >= 0.3 is 5.91 Å². The average Bonchev–Trinajstić information content (AvgIpc) is 2.42. The third-order valence-electron chi connectivity index (χ3n) is 1.70. The maximum absolute atomic E-state index is 11.2. The smallest absolute Gasteiger partial charge is 0.260 e. The summed E-state index contributed by atoms with van der Waals surface area (Å²) in [6.07, 6.45) is 1.63. The molecule has 0 saturated carbocycles. The number of allylic oxidation sites excluding steroid dienone is 1. The van der Waals surface area contributed by atoms with Crippen molar-refractivity contribution in [2.45, 2.75) is 13.5 Å². The molecule has 1 heterocycles. The lowest BCUT2D eigenvalue weighted by Gasteiger charge is -1.96. The molecule has 6 heteroatoms. The van der Waals surface area contributed by atoms with Gasteiger partial charge in [0.05, 0.1) is 12.2 Å². The average molecular weight is 214 g/mol. The molecule has 0 saturated heterocycles. The van der Waals surface area contributed by atoms with Crippen LogP contribution in [0.3, 0.4) is 0 Å². The van der Waals surface area contributed by atoms with E-state index in [1.807, 2.05) is 0 Å². The molecular weight excluding hydrogens is 204 g/mol. The number of halogens is 1. The van der Waals surface area contributed by atoms with Crippen LogP contribution in [-0.4, -0.2) is 15.7 Å². The van der Waals surface area contributed by atoms with E-state index < -0.39 is 5.91 Å². The number of nitrogens with zero attached hydrogens (tertiary/aromatic N) is 3. The molecule has 0 aliphatic rings. The summed E-state index contributed by atoms with van der Waals surface area (Å²) in [5, 5.41) is 7.33. The summed E-state index contributed by atoms with van der Waals surface area (Å²) in [5.41, 5.74) is 5.64. The second-order valence-electron chi connectivity index (χ2n) is 2.66. The summed E-state index contributed by atoms with van der Waals surface area (Å²) in [6.45, 7) is 5.66. The van der Waals surface area contributed by atoms with E-state index in [1.54, 1.807) is 13.0 Å². The standard InChI is InChI=1S/C8H9ClN4O/c1-3-4-13-7(9)6(5(2)12-13)8(14)11-10/h3,10H,1,4H2,2H3/p+1. The SMILES string of the molecule is C=CCn1nc(C)c(C(=O)N=[NH2+])c1Cl.